The van der Waals surface area contributed by atoms with Crippen molar-refractivity contribution in [1.29, 1.82) is 0 Å². The second-order valence-electron chi connectivity index (χ2n) is 5.62. The first-order valence-corrected chi connectivity index (χ1v) is 9.40. The molecule has 1 aromatic carbocycles. The Morgan fingerprint density at radius 3 is 2.61 bits per heavy atom. The summed E-state index contributed by atoms with van der Waals surface area (Å²) >= 11 is 3.09. The standard InChI is InChI=1S/C18H20BrF3N6/c1-3-7-24-28(4-2)25-9-6-15-5-8-23-17(26-15)27-16-11-13(18(20,21)22)10-14(19)12-16/h5,7-12H,3-4,6H2,1-2H3,(H,23,26,27)/b24-7-,25-9-. The van der Waals surface area contributed by atoms with Gasteiger partial charge in [0.15, 0.2) is 0 Å². The number of hydrazone groups is 2. The van der Waals surface area contributed by atoms with Crippen LogP contribution >= 0.6 is 15.9 Å². The van der Waals surface area contributed by atoms with Gasteiger partial charge in [-0.2, -0.15) is 28.5 Å². The zero-order chi connectivity index (χ0) is 20.6. The lowest BCUT2D eigenvalue weighted by Gasteiger charge is -2.11. The molecule has 0 unspecified atom stereocenters. The lowest BCUT2D eigenvalue weighted by molar-refractivity contribution is -0.137. The summed E-state index contributed by atoms with van der Waals surface area (Å²) in [6.07, 6.45) is 1.78. The second-order valence-corrected chi connectivity index (χ2v) is 6.54. The Bertz CT molecular complexity index is 838. The van der Waals surface area contributed by atoms with Crippen LogP contribution in [-0.4, -0.2) is 34.1 Å². The zero-order valence-electron chi connectivity index (χ0n) is 15.4. The van der Waals surface area contributed by atoms with Crippen molar-refractivity contribution in [2.75, 3.05) is 11.9 Å². The van der Waals surface area contributed by atoms with Gasteiger partial charge in [-0.25, -0.2) is 9.97 Å². The van der Waals surface area contributed by atoms with Gasteiger partial charge in [0.1, 0.15) is 0 Å². The summed E-state index contributed by atoms with van der Waals surface area (Å²) in [5.74, 6) is 0.202. The van der Waals surface area contributed by atoms with Crippen LogP contribution in [0, 0.1) is 0 Å². The highest BCUT2D eigenvalue weighted by molar-refractivity contribution is 9.10. The summed E-state index contributed by atoms with van der Waals surface area (Å²) < 4.78 is 39.2. The number of hydrogen-bond donors (Lipinski definition) is 1. The van der Waals surface area contributed by atoms with Crippen molar-refractivity contribution in [2.45, 2.75) is 32.9 Å². The number of nitrogens with zero attached hydrogens (tertiary/aromatic N) is 5. The maximum atomic E-state index is 13.0. The normalized spacial score (nSPS) is 12.1. The first-order chi connectivity index (χ1) is 13.3. The van der Waals surface area contributed by atoms with Gasteiger partial charge in [0.2, 0.25) is 5.95 Å². The molecule has 6 nitrogen and oxygen atoms in total. The van der Waals surface area contributed by atoms with Crippen molar-refractivity contribution in [2.24, 2.45) is 10.2 Å². The quantitative estimate of drug-likeness (QED) is 0.435. The predicted molar refractivity (Wildman–Crippen MR) is 108 cm³/mol. The summed E-state index contributed by atoms with van der Waals surface area (Å²) in [6.45, 7) is 4.55. The van der Waals surface area contributed by atoms with E-state index in [9.17, 15) is 13.2 Å². The van der Waals surface area contributed by atoms with Crippen LogP contribution in [-0.2, 0) is 12.6 Å². The number of anilines is 2. The molecular weight excluding hydrogens is 437 g/mol. The number of hydrogen-bond acceptors (Lipinski definition) is 6. The van der Waals surface area contributed by atoms with E-state index in [0.717, 1.165) is 18.6 Å². The van der Waals surface area contributed by atoms with E-state index in [2.05, 4.69) is 41.4 Å². The fourth-order valence-corrected chi connectivity index (χ4v) is 2.62. The highest BCUT2D eigenvalue weighted by atomic mass is 79.9. The van der Waals surface area contributed by atoms with Crippen LogP contribution in [0.15, 0.2) is 45.1 Å². The molecule has 0 aliphatic carbocycles. The molecule has 1 N–H and O–H groups in total. The fraction of sp³-hybridized carbons (Fsp3) is 0.333. The monoisotopic (exact) mass is 456 g/mol. The summed E-state index contributed by atoms with van der Waals surface area (Å²) in [6, 6.07) is 5.26. The van der Waals surface area contributed by atoms with Crippen LogP contribution in [0.25, 0.3) is 0 Å². The Balaban J connectivity index is 2.09. The summed E-state index contributed by atoms with van der Waals surface area (Å²) in [5, 5.41) is 12.8. The maximum absolute atomic E-state index is 13.0. The smallest absolute Gasteiger partial charge is 0.324 e. The molecule has 0 saturated carbocycles. The molecule has 1 heterocycles. The van der Waals surface area contributed by atoms with Gasteiger partial charge >= 0.3 is 6.18 Å². The Morgan fingerprint density at radius 1 is 1.18 bits per heavy atom. The zero-order valence-corrected chi connectivity index (χ0v) is 17.0. The Hall–Kier alpha value is -2.49. The van der Waals surface area contributed by atoms with E-state index in [4.69, 9.17) is 0 Å². The van der Waals surface area contributed by atoms with E-state index >= 15 is 0 Å². The van der Waals surface area contributed by atoms with E-state index in [0.29, 0.717) is 23.1 Å². The average molecular weight is 457 g/mol. The molecule has 150 valence electrons. The summed E-state index contributed by atoms with van der Waals surface area (Å²) in [5.41, 5.74) is 0.140. The molecule has 10 heteroatoms. The van der Waals surface area contributed by atoms with E-state index in [1.54, 1.807) is 23.6 Å². The molecule has 0 fully saturated rings. The average Bonchev–Trinajstić information content (AvgIpc) is 2.63. The van der Waals surface area contributed by atoms with Gasteiger partial charge in [-0.05, 0) is 37.6 Å². The van der Waals surface area contributed by atoms with E-state index in [1.165, 1.54) is 12.3 Å². The van der Waals surface area contributed by atoms with Crippen molar-refractivity contribution in [1.82, 2.24) is 15.1 Å². The number of nitrogens with one attached hydrogen (secondary N) is 1. The van der Waals surface area contributed by atoms with E-state index in [1.807, 2.05) is 13.8 Å². The molecule has 28 heavy (non-hydrogen) atoms. The number of aromatic nitrogens is 2. The van der Waals surface area contributed by atoms with Crippen LogP contribution in [0.2, 0.25) is 0 Å². The van der Waals surface area contributed by atoms with Crippen LogP contribution in [0.1, 0.15) is 31.5 Å². The van der Waals surface area contributed by atoms with Gasteiger partial charge in [-0.3, -0.25) is 0 Å². The van der Waals surface area contributed by atoms with Crippen molar-refractivity contribution in [3.63, 3.8) is 0 Å². The van der Waals surface area contributed by atoms with E-state index < -0.39 is 11.7 Å². The number of alkyl halides is 3. The van der Waals surface area contributed by atoms with Crippen molar-refractivity contribution in [3.8, 4) is 0 Å². The Kier molecular flexibility index (Phi) is 7.91. The van der Waals surface area contributed by atoms with Gasteiger partial charge in [0.05, 0.1) is 17.8 Å². The SMILES string of the molecule is CC/C=N\N(CC)/N=C\Cc1ccnc(Nc2cc(Br)cc(C(F)(F)F)c2)n1. The highest BCUT2D eigenvalue weighted by Crippen LogP contribution is 2.33. The van der Waals surface area contributed by atoms with Crippen molar-refractivity contribution < 1.29 is 13.2 Å². The molecular formula is C18H20BrF3N6. The Labute approximate surface area is 169 Å². The largest absolute Gasteiger partial charge is 0.416 e. The summed E-state index contributed by atoms with van der Waals surface area (Å²) in [4.78, 5) is 8.37. The van der Waals surface area contributed by atoms with Gasteiger partial charge in [0.25, 0.3) is 0 Å². The molecule has 2 rings (SSSR count). The van der Waals surface area contributed by atoms with Gasteiger partial charge in [0, 0.05) is 35.2 Å². The third kappa shape index (κ3) is 6.91. The molecule has 0 aliphatic heterocycles. The second kappa shape index (κ2) is 10.2. The molecule has 2 aromatic rings. The molecule has 0 saturated heterocycles. The van der Waals surface area contributed by atoms with Gasteiger partial charge in [-0.1, -0.05) is 22.9 Å². The maximum Gasteiger partial charge on any atom is 0.416 e. The molecule has 0 atom stereocenters. The minimum atomic E-state index is -4.44. The van der Waals surface area contributed by atoms with Crippen LogP contribution < -0.4 is 5.32 Å². The van der Waals surface area contributed by atoms with Crippen LogP contribution in [0.3, 0.4) is 0 Å². The minimum absolute atomic E-state index is 0.202. The Morgan fingerprint density at radius 2 is 1.93 bits per heavy atom. The van der Waals surface area contributed by atoms with Crippen molar-refractivity contribution >= 4 is 40.0 Å². The molecule has 0 amide bonds. The van der Waals surface area contributed by atoms with Gasteiger partial charge < -0.3 is 5.32 Å². The predicted octanol–water partition coefficient (Wildman–Crippen LogP) is 5.25. The topological polar surface area (TPSA) is 65.8 Å². The number of benzene rings is 1. The van der Waals surface area contributed by atoms with Gasteiger partial charge in [-0.15, -0.1) is 0 Å². The fourth-order valence-electron chi connectivity index (χ4n) is 2.12. The number of halogens is 4. The first-order valence-electron chi connectivity index (χ1n) is 8.61. The number of rotatable bonds is 8. The third-order valence-electron chi connectivity index (χ3n) is 3.39. The van der Waals surface area contributed by atoms with E-state index in [-0.39, 0.29) is 11.6 Å². The lowest BCUT2D eigenvalue weighted by atomic mass is 10.2. The van der Waals surface area contributed by atoms with Crippen LogP contribution in [0.5, 0.6) is 0 Å². The molecule has 0 spiro atoms. The molecule has 1 aromatic heterocycles. The first kappa shape index (κ1) is 21.8. The van der Waals surface area contributed by atoms with Crippen LogP contribution in [0.4, 0.5) is 24.8 Å². The minimum Gasteiger partial charge on any atom is -0.324 e. The highest BCUT2D eigenvalue weighted by Gasteiger charge is 2.31. The molecule has 0 aliphatic rings. The molecule has 0 radical (unpaired) electrons. The third-order valence-corrected chi connectivity index (χ3v) is 3.85. The summed E-state index contributed by atoms with van der Waals surface area (Å²) in [7, 11) is 0. The lowest BCUT2D eigenvalue weighted by Crippen LogP contribution is -2.10. The van der Waals surface area contributed by atoms with Crippen molar-refractivity contribution in [3.05, 3.63) is 46.2 Å². The molecule has 0 bridgehead atoms.